The standard InChI is InChI=1S/C20H23ClFN5O4S/c1-20(2,3)31-19(30)27(14-8-5-10(14)26(7-8)18(28)29)15-9-6-24-16(21)11(22)13(9)25-17(32-4)12(15)23/h6,8,10,14H,5,7,23H2,1-4H3,(H,28,29). The molecule has 12 heteroatoms. The quantitative estimate of drug-likeness (QED) is 0.491. The van der Waals surface area contributed by atoms with Crippen LogP contribution in [0.4, 0.5) is 25.4 Å². The molecule has 0 radical (unpaired) electrons. The number of amides is 2. The highest BCUT2D eigenvalue weighted by molar-refractivity contribution is 7.98. The van der Waals surface area contributed by atoms with Gasteiger partial charge in [-0.05, 0) is 33.4 Å². The Kier molecular flexibility index (Phi) is 5.52. The van der Waals surface area contributed by atoms with Crippen LogP contribution in [0.25, 0.3) is 10.9 Å². The van der Waals surface area contributed by atoms with Gasteiger partial charge in [0.2, 0.25) is 0 Å². The van der Waals surface area contributed by atoms with Gasteiger partial charge in [-0.1, -0.05) is 11.6 Å². The van der Waals surface area contributed by atoms with Gasteiger partial charge in [-0.15, -0.1) is 11.8 Å². The average Bonchev–Trinajstić information content (AvgIpc) is 3.28. The van der Waals surface area contributed by atoms with Crippen molar-refractivity contribution in [2.24, 2.45) is 5.92 Å². The summed E-state index contributed by atoms with van der Waals surface area (Å²) in [5.41, 5.74) is 5.89. The summed E-state index contributed by atoms with van der Waals surface area (Å²) in [7, 11) is 0. The van der Waals surface area contributed by atoms with Gasteiger partial charge in [0, 0.05) is 24.0 Å². The molecule has 3 aliphatic rings. The number of hydrogen-bond acceptors (Lipinski definition) is 7. The first-order valence-electron chi connectivity index (χ1n) is 9.93. The Morgan fingerprint density at radius 1 is 1.44 bits per heavy atom. The largest absolute Gasteiger partial charge is 0.465 e. The summed E-state index contributed by atoms with van der Waals surface area (Å²) in [5, 5.41) is 9.72. The summed E-state index contributed by atoms with van der Waals surface area (Å²) in [5.74, 6) is -0.928. The van der Waals surface area contributed by atoms with E-state index in [1.807, 2.05) is 0 Å². The van der Waals surface area contributed by atoms with Crippen molar-refractivity contribution in [3.05, 3.63) is 17.2 Å². The molecule has 2 aromatic heterocycles. The Bertz CT molecular complexity index is 1130. The second-order valence-electron chi connectivity index (χ2n) is 8.85. The fraction of sp³-hybridized carbons (Fsp3) is 0.500. The molecular weight excluding hydrogens is 461 g/mol. The SMILES string of the molecule is CSc1nc2c(F)c(Cl)ncc2c(N(C(=O)OC(C)(C)C)C2C3CC2N(C(=O)O)C3)c1N. The third-order valence-corrected chi connectivity index (χ3v) is 6.69. The second kappa shape index (κ2) is 7.80. The maximum Gasteiger partial charge on any atom is 0.415 e. The molecule has 3 atom stereocenters. The van der Waals surface area contributed by atoms with Crippen LogP contribution in [-0.2, 0) is 4.74 Å². The van der Waals surface area contributed by atoms with Gasteiger partial charge in [-0.25, -0.2) is 23.9 Å². The molecular formula is C20H23ClFN5O4S. The lowest BCUT2D eigenvalue weighted by Crippen LogP contribution is -2.58. The minimum Gasteiger partial charge on any atom is -0.465 e. The van der Waals surface area contributed by atoms with Crippen molar-refractivity contribution in [2.45, 2.75) is 49.9 Å². The van der Waals surface area contributed by atoms with Crippen molar-refractivity contribution in [1.29, 1.82) is 0 Å². The molecule has 1 aliphatic carbocycles. The van der Waals surface area contributed by atoms with Crippen molar-refractivity contribution in [3.8, 4) is 0 Å². The molecule has 2 saturated heterocycles. The summed E-state index contributed by atoms with van der Waals surface area (Å²) in [6.07, 6.45) is 1.90. The molecule has 32 heavy (non-hydrogen) atoms. The summed E-state index contributed by atoms with van der Waals surface area (Å²) >= 11 is 7.07. The van der Waals surface area contributed by atoms with Gasteiger partial charge in [-0.3, -0.25) is 4.90 Å². The van der Waals surface area contributed by atoms with Crippen LogP contribution >= 0.6 is 23.4 Å². The van der Waals surface area contributed by atoms with Crippen LogP contribution in [-0.4, -0.2) is 62.6 Å². The smallest absolute Gasteiger partial charge is 0.415 e. The van der Waals surface area contributed by atoms with E-state index in [0.29, 0.717) is 18.0 Å². The van der Waals surface area contributed by atoms with Crippen molar-refractivity contribution in [1.82, 2.24) is 14.9 Å². The van der Waals surface area contributed by atoms with Gasteiger partial charge < -0.3 is 20.5 Å². The number of anilines is 2. The number of nitrogens with zero attached hydrogens (tertiary/aromatic N) is 4. The summed E-state index contributed by atoms with van der Waals surface area (Å²) in [6.45, 7) is 5.47. The van der Waals surface area contributed by atoms with E-state index in [1.165, 1.54) is 27.8 Å². The topological polar surface area (TPSA) is 122 Å². The molecule has 2 amide bonds. The van der Waals surface area contributed by atoms with Crippen molar-refractivity contribution < 1.29 is 23.8 Å². The molecule has 5 rings (SSSR count). The summed E-state index contributed by atoms with van der Waals surface area (Å²) < 4.78 is 20.5. The van der Waals surface area contributed by atoms with Crippen LogP contribution in [0.5, 0.6) is 0 Å². The van der Waals surface area contributed by atoms with Crippen molar-refractivity contribution in [2.75, 3.05) is 23.4 Å². The van der Waals surface area contributed by atoms with Gasteiger partial charge in [0.25, 0.3) is 0 Å². The number of rotatable bonds is 3. The lowest BCUT2D eigenvalue weighted by Gasteiger charge is -2.44. The van der Waals surface area contributed by atoms with Gasteiger partial charge >= 0.3 is 12.2 Å². The summed E-state index contributed by atoms with van der Waals surface area (Å²) in [6, 6.07) is -0.933. The lowest BCUT2D eigenvalue weighted by atomic mass is 9.78. The van der Waals surface area contributed by atoms with Gasteiger partial charge in [0.05, 0.1) is 23.5 Å². The van der Waals surface area contributed by atoms with E-state index in [1.54, 1.807) is 27.0 Å². The van der Waals surface area contributed by atoms with Gasteiger partial charge in [0.1, 0.15) is 16.1 Å². The van der Waals surface area contributed by atoms with E-state index in [4.69, 9.17) is 22.1 Å². The molecule has 9 nitrogen and oxygen atoms in total. The van der Waals surface area contributed by atoms with Crippen molar-refractivity contribution >= 4 is 57.8 Å². The zero-order chi connectivity index (χ0) is 23.5. The third-order valence-electron chi connectivity index (χ3n) is 5.73. The van der Waals surface area contributed by atoms with Gasteiger partial charge in [-0.2, -0.15) is 0 Å². The van der Waals surface area contributed by atoms with Crippen LogP contribution in [0.1, 0.15) is 27.2 Å². The Morgan fingerprint density at radius 3 is 2.69 bits per heavy atom. The fourth-order valence-corrected chi connectivity index (χ4v) is 5.06. The maximum atomic E-state index is 14.9. The Hall–Kier alpha value is -2.53. The number of thioether (sulfide) groups is 1. The first kappa shape index (κ1) is 22.7. The predicted octanol–water partition coefficient (Wildman–Crippen LogP) is 4.22. The maximum absolute atomic E-state index is 14.9. The number of nitrogens with two attached hydrogens (primary N) is 1. The van der Waals surface area contributed by atoms with E-state index in [9.17, 15) is 19.1 Å². The minimum absolute atomic E-state index is 0.0751. The lowest BCUT2D eigenvalue weighted by molar-refractivity contribution is 0.0518. The number of hydrogen-bond donors (Lipinski definition) is 2. The molecule has 3 fully saturated rings. The molecule has 2 bridgehead atoms. The number of pyridine rings is 2. The number of carbonyl (C=O) groups is 2. The number of halogens is 2. The van der Waals surface area contributed by atoms with Crippen LogP contribution in [0.15, 0.2) is 11.2 Å². The van der Waals surface area contributed by atoms with E-state index >= 15 is 0 Å². The molecule has 2 aromatic rings. The number of nitrogen functional groups attached to an aromatic ring is 1. The van der Waals surface area contributed by atoms with Crippen LogP contribution in [0.2, 0.25) is 5.15 Å². The molecule has 3 N–H and O–H groups in total. The number of aromatic nitrogens is 2. The highest BCUT2D eigenvalue weighted by Gasteiger charge is 2.58. The van der Waals surface area contributed by atoms with Crippen molar-refractivity contribution in [3.63, 3.8) is 0 Å². The number of ether oxygens (including phenoxy) is 1. The van der Waals surface area contributed by atoms with Crippen LogP contribution in [0.3, 0.4) is 0 Å². The average molecular weight is 484 g/mol. The number of carboxylic acid groups (broad SMARTS) is 1. The molecule has 4 heterocycles. The molecule has 3 unspecified atom stereocenters. The zero-order valence-electron chi connectivity index (χ0n) is 17.9. The predicted molar refractivity (Wildman–Crippen MR) is 120 cm³/mol. The van der Waals surface area contributed by atoms with E-state index in [0.717, 1.165) is 0 Å². The van der Waals surface area contributed by atoms with Gasteiger partial charge in [0.15, 0.2) is 11.0 Å². The Morgan fingerprint density at radius 2 is 2.12 bits per heavy atom. The molecule has 2 aliphatic heterocycles. The van der Waals surface area contributed by atoms with E-state index < -0.39 is 35.7 Å². The van der Waals surface area contributed by atoms with Crippen LogP contribution in [0, 0.1) is 11.7 Å². The third kappa shape index (κ3) is 3.57. The monoisotopic (exact) mass is 483 g/mol. The summed E-state index contributed by atoms with van der Waals surface area (Å²) in [4.78, 5) is 36.0. The molecule has 0 aromatic carbocycles. The van der Waals surface area contributed by atoms with Crippen LogP contribution < -0.4 is 10.6 Å². The zero-order valence-corrected chi connectivity index (χ0v) is 19.5. The van der Waals surface area contributed by atoms with E-state index in [2.05, 4.69) is 9.97 Å². The minimum atomic E-state index is -1.05. The van der Waals surface area contributed by atoms with E-state index in [-0.39, 0.29) is 33.3 Å². The second-order valence-corrected chi connectivity index (χ2v) is 10.0. The number of fused-ring (bicyclic) bond motifs is 2. The Balaban J connectivity index is 1.94. The highest BCUT2D eigenvalue weighted by atomic mass is 35.5. The fourth-order valence-electron chi connectivity index (χ4n) is 4.43. The molecule has 172 valence electrons. The Labute approximate surface area is 193 Å². The first-order valence-corrected chi connectivity index (χ1v) is 11.5. The number of carbonyl (C=O) groups excluding carboxylic acids is 1. The molecule has 1 saturated carbocycles. The highest BCUT2D eigenvalue weighted by Crippen LogP contribution is 2.49. The molecule has 0 spiro atoms. The first-order chi connectivity index (χ1) is 14.9. The normalized spacial score (nSPS) is 22.1.